The van der Waals surface area contributed by atoms with E-state index in [1.807, 2.05) is 0 Å². The highest BCUT2D eigenvalue weighted by Crippen LogP contribution is 2.18. The number of benzene rings is 1. The van der Waals surface area contributed by atoms with Crippen LogP contribution in [0, 0.1) is 0 Å². The minimum Gasteiger partial charge on any atom is -0.460 e. The lowest BCUT2D eigenvalue weighted by Crippen LogP contribution is -2.09. The first kappa shape index (κ1) is 11.7. The zero-order chi connectivity index (χ0) is 12.4. The summed E-state index contributed by atoms with van der Waals surface area (Å²) in [5.74, 6) is -0.780. The van der Waals surface area contributed by atoms with Gasteiger partial charge in [-0.25, -0.2) is 9.59 Å². The molecule has 4 nitrogen and oxygen atoms in total. The van der Waals surface area contributed by atoms with Crippen molar-refractivity contribution in [2.45, 2.75) is 6.92 Å². The van der Waals surface area contributed by atoms with Gasteiger partial charge in [0.15, 0.2) is 0 Å². The van der Waals surface area contributed by atoms with E-state index in [9.17, 15) is 9.59 Å². The number of carbonyl (C=O) groups is 1. The van der Waals surface area contributed by atoms with E-state index in [0.717, 1.165) is 0 Å². The summed E-state index contributed by atoms with van der Waals surface area (Å²) < 4.78 is 9.63. The molecule has 0 saturated heterocycles. The predicted molar refractivity (Wildman–Crippen MR) is 63.5 cm³/mol. The van der Waals surface area contributed by atoms with Crippen molar-refractivity contribution < 1.29 is 13.9 Å². The van der Waals surface area contributed by atoms with Crippen molar-refractivity contribution in [3.63, 3.8) is 0 Å². The largest absolute Gasteiger partial charge is 0.460 e. The third kappa shape index (κ3) is 2.31. The van der Waals surface area contributed by atoms with Crippen molar-refractivity contribution in [3.8, 4) is 0 Å². The fourth-order valence-electron chi connectivity index (χ4n) is 1.47. The van der Waals surface area contributed by atoms with Crippen molar-refractivity contribution >= 4 is 28.3 Å². The fraction of sp³-hybridized carbons (Fsp3) is 0.167. The predicted octanol–water partition coefficient (Wildman–Crippen LogP) is 2.62. The van der Waals surface area contributed by atoms with Gasteiger partial charge in [-0.15, -0.1) is 0 Å². The van der Waals surface area contributed by atoms with E-state index in [1.165, 1.54) is 6.07 Å². The molecule has 0 bridgehead atoms. The van der Waals surface area contributed by atoms with Gasteiger partial charge in [-0.1, -0.05) is 11.6 Å². The SMILES string of the molecule is CCOC(=O)c1cc2cc(Cl)ccc2c(=O)o1. The summed E-state index contributed by atoms with van der Waals surface area (Å²) in [6.07, 6.45) is 0. The molecule has 2 aromatic rings. The minimum atomic E-state index is -0.661. The maximum absolute atomic E-state index is 11.6. The van der Waals surface area contributed by atoms with Crippen LogP contribution >= 0.6 is 11.6 Å². The lowest BCUT2D eigenvalue weighted by Gasteiger charge is -2.02. The van der Waals surface area contributed by atoms with E-state index in [1.54, 1.807) is 25.1 Å². The van der Waals surface area contributed by atoms with E-state index in [2.05, 4.69) is 0 Å². The Labute approximate surface area is 102 Å². The standard InChI is InChI=1S/C12H9ClO4/c1-2-16-12(15)10-6-7-5-8(13)3-4-9(7)11(14)17-10/h3-6H,2H2,1H3. The third-order valence-electron chi connectivity index (χ3n) is 2.20. The molecule has 1 aromatic heterocycles. The second-order valence-corrected chi connectivity index (χ2v) is 3.79. The highest BCUT2D eigenvalue weighted by Gasteiger charge is 2.12. The smallest absolute Gasteiger partial charge is 0.374 e. The molecule has 1 aromatic carbocycles. The van der Waals surface area contributed by atoms with Gasteiger partial charge in [0.1, 0.15) is 0 Å². The second-order valence-electron chi connectivity index (χ2n) is 3.35. The van der Waals surface area contributed by atoms with Crippen LogP contribution in [0.25, 0.3) is 10.8 Å². The van der Waals surface area contributed by atoms with Crippen LogP contribution in [0.2, 0.25) is 5.02 Å². The summed E-state index contributed by atoms with van der Waals surface area (Å²) in [6, 6.07) is 6.18. The maximum Gasteiger partial charge on any atom is 0.374 e. The first-order valence-corrected chi connectivity index (χ1v) is 5.40. The quantitative estimate of drug-likeness (QED) is 0.771. The first-order chi connectivity index (χ1) is 8.11. The summed E-state index contributed by atoms with van der Waals surface area (Å²) in [4.78, 5) is 23.0. The molecule has 0 aliphatic heterocycles. The molecule has 0 N–H and O–H groups in total. The second kappa shape index (κ2) is 4.59. The van der Waals surface area contributed by atoms with Crippen molar-refractivity contribution in [3.05, 3.63) is 45.5 Å². The summed E-state index contributed by atoms with van der Waals surface area (Å²) in [6.45, 7) is 1.89. The number of esters is 1. The summed E-state index contributed by atoms with van der Waals surface area (Å²) in [7, 11) is 0. The van der Waals surface area contributed by atoms with E-state index >= 15 is 0 Å². The number of rotatable bonds is 2. The highest BCUT2D eigenvalue weighted by molar-refractivity contribution is 6.31. The summed E-state index contributed by atoms with van der Waals surface area (Å²) >= 11 is 5.82. The molecule has 0 fully saturated rings. The monoisotopic (exact) mass is 252 g/mol. The lowest BCUT2D eigenvalue weighted by molar-refractivity contribution is 0.0485. The van der Waals surface area contributed by atoms with Gasteiger partial charge in [-0.2, -0.15) is 0 Å². The number of hydrogen-bond acceptors (Lipinski definition) is 4. The van der Waals surface area contributed by atoms with Crippen LogP contribution in [0.3, 0.4) is 0 Å². The molecule has 0 spiro atoms. The van der Waals surface area contributed by atoms with Gasteiger partial charge in [-0.05, 0) is 36.6 Å². The van der Waals surface area contributed by atoms with E-state index in [-0.39, 0.29) is 12.4 Å². The van der Waals surface area contributed by atoms with Gasteiger partial charge in [0, 0.05) is 5.02 Å². The number of fused-ring (bicyclic) bond motifs is 1. The Hall–Kier alpha value is -1.81. The Morgan fingerprint density at radius 3 is 2.88 bits per heavy atom. The number of halogens is 1. The number of hydrogen-bond donors (Lipinski definition) is 0. The third-order valence-corrected chi connectivity index (χ3v) is 2.43. The van der Waals surface area contributed by atoms with Gasteiger partial charge >= 0.3 is 11.6 Å². The highest BCUT2D eigenvalue weighted by atomic mass is 35.5. The molecule has 0 radical (unpaired) electrons. The Kier molecular flexibility index (Phi) is 3.15. The molecule has 17 heavy (non-hydrogen) atoms. The molecule has 2 rings (SSSR count). The molecule has 0 saturated carbocycles. The maximum atomic E-state index is 11.6. The number of ether oxygens (including phenoxy) is 1. The van der Waals surface area contributed by atoms with Crippen LogP contribution < -0.4 is 5.63 Å². The van der Waals surface area contributed by atoms with Gasteiger partial charge in [0.05, 0.1) is 12.0 Å². The molecule has 0 aliphatic carbocycles. The Morgan fingerprint density at radius 1 is 1.41 bits per heavy atom. The molecule has 88 valence electrons. The van der Waals surface area contributed by atoms with Gasteiger partial charge < -0.3 is 9.15 Å². The number of carbonyl (C=O) groups excluding carboxylic acids is 1. The molecule has 1 heterocycles. The van der Waals surface area contributed by atoms with Crippen LogP contribution in [0.4, 0.5) is 0 Å². The van der Waals surface area contributed by atoms with Crippen LogP contribution in [0.15, 0.2) is 33.5 Å². The van der Waals surface area contributed by atoms with Gasteiger partial charge in [-0.3, -0.25) is 0 Å². The van der Waals surface area contributed by atoms with E-state index < -0.39 is 11.6 Å². The molecule has 0 atom stereocenters. The fourth-order valence-corrected chi connectivity index (χ4v) is 1.65. The summed E-state index contributed by atoms with van der Waals surface area (Å²) in [5.41, 5.74) is -0.581. The Morgan fingerprint density at radius 2 is 2.18 bits per heavy atom. The van der Waals surface area contributed by atoms with Crippen LogP contribution in [-0.4, -0.2) is 12.6 Å². The molecular formula is C12H9ClO4. The zero-order valence-corrected chi connectivity index (χ0v) is 9.78. The van der Waals surface area contributed by atoms with Crippen LogP contribution in [0.1, 0.15) is 17.5 Å². The molecule has 0 amide bonds. The van der Waals surface area contributed by atoms with E-state index in [4.69, 9.17) is 20.8 Å². The Bertz CT molecular complexity index is 630. The van der Waals surface area contributed by atoms with Gasteiger partial charge in [0.2, 0.25) is 5.76 Å². The Balaban J connectivity index is 2.61. The average molecular weight is 253 g/mol. The van der Waals surface area contributed by atoms with Crippen molar-refractivity contribution in [1.29, 1.82) is 0 Å². The summed E-state index contributed by atoms with van der Waals surface area (Å²) in [5, 5.41) is 1.41. The normalized spacial score (nSPS) is 10.5. The first-order valence-electron chi connectivity index (χ1n) is 5.02. The zero-order valence-electron chi connectivity index (χ0n) is 9.03. The minimum absolute atomic E-state index is 0.119. The lowest BCUT2D eigenvalue weighted by atomic mass is 10.2. The molecule has 0 aliphatic rings. The molecular weight excluding hydrogens is 244 g/mol. The average Bonchev–Trinajstić information content (AvgIpc) is 2.28. The molecule has 0 unspecified atom stereocenters. The van der Waals surface area contributed by atoms with Crippen molar-refractivity contribution in [1.82, 2.24) is 0 Å². The van der Waals surface area contributed by atoms with Crippen molar-refractivity contribution in [2.24, 2.45) is 0 Å². The van der Waals surface area contributed by atoms with E-state index in [0.29, 0.717) is 15.8 Å². The topological polar surface area (TPSA) is 56.5 Å². The van der Waals surface area contributed by atoms with Gasteiger partial charge in [0.25, 0.3) is 0 Å². The molecule has 5 heteroatoms. The van der Waals surface area contributed by atoms with Crippen molar-refractivity contribution in [2.75, 3.05) is 6.61 Å². The van der Waals surface area contributed by atoms with Crippen LogP contribution in [-0.2, 0) is 4.74 Å². The van der Waals surface area contributed by atoms with Crippen LogP contribution in [0.5, 0.6) is 0 Å².